The number of nitrogens with one attached hydrogen (secondary N) is 1. The van der Waals surface area contributed by atoms with Gasteiger partial charge in [-0.3, -0.25) is 4.72 Å². The number of thiazole rings is 1. The fraction of sp³-hybridized carbons (Fsp3) is 0. The van der Waals surface area contributed by atoms with Gasteiger partial charge in [0.1, 0.15) is 5.82 Å². The lowest BCUT2D eigenvalue weighted by Crippen LogP contribution is -2.16. The summed E-state index contributed by atoms with van der Waals surface area (Å²) in [6.45, 7) is 0. The summed E-state index contributed by atoms with van der Waals surface area (Å²) < 4.78 is 64.2. The van der Waals surface area contributed by atoms with Crippen LogP contribution in [0.3, 0.4) is 0 Å². The second-order valence-corrected chi connectivity index (χ2v) is 6.38. The Morgan fingerprint density at radius 3 is 2.57 bits per heavy atom. The minimum absolute atomic E-state index is 0.239. The summed E-state index contributed by atoms with van der Waals surface area (Å²) in [5.41, 5.74) is -0.789. The third-order valence-corrected chi connectivity index (χ3v) is 4.95. The van der Waals surface area contributed by atoms with Gasteiger partial charge in [0.25, 0.3) is 10.0 Å². The highest BCUT2D eigenvalue weighted by molar-refractivity contribution is 7.94. The van der Waals surface area contributed by atoms with E-state index in [0.717, 1.165) is 5.51 Å². The molecule has 1 aromatic heterocycles. The molecule has 2 aromatic rings. The number of hydrogen-bond donors (Lipinski definition) is 2. The molecule has 0 saturated carbocycles. The third-order valence-electron chi connectivity index (χ3n) is 2.22. The van der Waals surface area contributed by atoms with Gasteiger partial charge in [-0.05, 0) is 0 Å². The van der Waals surface area contributed by atoms with Gasteiger partial charge in [-0.1, -0.05) is 0 Å². The monoisotopic (exact) mass is 338 g/mol. The second-order valence-electron chi connectivity index (χ2n) is 3.65. The molecule has 1 aromatic carbocycles. The van der Waals surface area contributed by atoms with Gasteiger partial charge in [0, 0.05) is 12.1 Å². The van der Waals surface area contributed by atoms with Crippen LogP contribution in [0.2, 0.25) is 0 Å². The van der Waals surface area contributed by atoms with Gasteiger partial charge in [-0.2, -0.15) is 0 Å². The highest BCUT2D eigenvalue weighted by Crippen LogP contribution is 2.26. The van der Waals surface area contributed by atoms with E-state index in [2.05, 4.69) is 4.98 Å². The van der Waals surface area contributed by atoms with Crippen LogP contribution in [0.25, 0.3) is 0 Å². The van der Waals surface area contributed by atoms with Crippen LogP contribution < -0.4 is 4.72 Å². The molecule has 0 spiro atoms. The van der Waals surface area contributed by atoms with Crippen LogP contribution in [-0.4, -0.2) is 24.5 Å². The van der Waals surface area contributed by atoms with Crippen molar-refractivity contribution < 1.29 is 31.5 Å². The van der Waals surface area contributed by atoms with Crippen molar-refractivity contribution in [1.29, 1.82) is 0 Å². The fourth-order valence-corrected chi connectivity index (χ4v) is 3.58. The molecule has 0 saturated heterocycles. The van der Waals surface area contributed by atoms with Crippen LogP contribution in [0, 0.1) is 17.5 Å². The van der Waals surface area contributed by atoms with Crippen molar-refractivity contribution in [3.8, 4) is 0 Å². The Morgan fingerprint density at radius 1 is 1.29 bits per heavy atom. The van der Waals surface area contributed by atoms with E-state index in [1.807, 2.05) is 0 Å². The van der Waals surface area contributed by atoms with E-state index >= 15 is 0 Å². The van der Waals surface area contributed by atoms with Gasteiger partial charge in [-0.15, -0.1) is 11.3 Å². The van der Waals surface area contributed by atoms with Crippen molar-refractivity contribution in [2.24, 2.45) is 0 Å². The zero-order valence-corrected chi connectivity index (χ0v) is 11.4. The number of benzene rings is 1. The summed E-state index contributed by atoms with van der Waals surface area (Å²) in [6, 6.07) is 0.667. The zero-order valence-electron chi connectivity index (χ0n) is 9.80. The first kappa shape index (κ1) is 15.3. The van der Waals surface area contributed by atoms with Crippen LogP contribution in [-0.2, 0) is 10.0 Å². The molecule has 0 atom stereocenters. The lowest BCUT2D eigenvalue weighted by Gasteiger charge is -2.08. The van der Waals surface area contributed by atoms with E-state index in [9.17, 15) is 26.4 Å². The van der Waals surface area contributed by atoms with E-state index < -0.39 is 49.0 Å². The van der Waals surface area contributed by atoms with Crippen molar-refractivity contribution in [1.82, 2.24) is 4.98 Å². The lowest BCUT2D eigenvalue weighted by atomic mass is 10.3. The molecule has 6 nitrogen and oxygen atoms in total. The number of carbonyl (C=O) groups is 1. The molecule has 0 amide bonds. The zero-order chi connectivity index (χ0) is 15.8. The molecule has 112 valence electrons. The normalized spacial score (nSPS) is 11.4. The standard InChI is InChI=1S/C10H5F3N2O4S2/c11-4-1-5(12)7(13)6(2-4)15-21(18,19)10-8(9(16)17)14-3-20-10/h1-3,15H,(H,16,17). The topological polar surface area (TPSA) is 96.4 Å². The minimum Gasteiger partial charge on any atom is -0.476 e. The minimum atomic E-state index is -4.55. The van der Waals surface area contributed by atoms with Crippen LogP contribution in [0.4, 0.5) is 18.9 Å². The number of hydrogen-bond acceptors (Lipinski definition) is 5. The first-order valence-electron chi connectivity index (χ1n) is 5.06. The average Bonchev–Trinajstić information content (AvgIpc) is 2.85. The number of anilines is 1. The summed E-state index contributed by atoms with van der Waals surface area (Å²) >= 11 is 0.466. The van der Waals surface area contributed by atoms with Gasteiger partial charge in [0.05, 0.1) is 11.2 Å². The summed E-state index contributed by atoms with van der Waals surface area (Å²) in [7, 11) is -4.55. The number of aromatic carboxylic acids is 1. The van der Waals surface area contributed by atoms with E-state index in [-0.39, 0.29) is 6.07 Å². The molecule has 0 fully saturated rings. The highest BCUT2D eigenvalue weighted by atomic mass is 32.2. The number of aromatic nitrogens is 1. The van der Waals surface area contributed by atoms with Crippen molar-refractivity contribution in [3.05, 3.63) is 40.8 Å². The Morgan fingerprint density at radius 2 is 1.95 bits per heavy atom. The van der Waals surface area contributed by atoms with Gasteiger partial charge < -0.3 is 5.11 Å². The highest BCUT2D eigenvalue weighted by Gasteiger charge is 2.27. The summed E-state index contributed by atoms with van der Waals surface area (Å²) in [5, 5.41) is 8.78. The Hall–Kier alpha value is -2.14. The first-order chi connectivity index (χ1) is 9.72. The Balaban J connectivity index is 2.48. The molecule has 21 heavy (non-hydrogen) atoms. The third kappa shape index (κ3) is 2.97. The molecule has 0 bridgehead atoms. The molecule has 0 aliphatic heterocycles. The Labute approximate surface area is 119 Å². The van der Waals surface area contributed by atoms with Gasteiger partial charge in [-0.25, -0.2) is 31.4 Å². The number of carboxylic acid groups (broad SMARTS) is 1. The Kier molecular flexibility index (Phi) is 3.87. The van der Waals surface area contributed by atoms with Crippen LogP contribution in [0.1, 0.15) is 10.5 Å². The molecule has 11 heteroatoms. The Bertz CT molecular complexity index is 820. The number of nitrogens with zero attached hydrogens (tertiary/aromatic N) is 1. The maximum absolute atomic E-state index is 13.4. The summed E-state index contributed by atoms with van der Waals surface area (Å²) in [6.07, 6.45) is 0. The van der Waals surface area contributed by atoms with Gasteiger partial charge in [0.2, 0.25) is 0 Å². The number of rotatable bonds is 4. The van der Waals surface area contributed by atoms with Crippen molar-refractivity contribution >= 4 is 33.0 Å². The van der Waals surface area contributed by atoms with Crippen molar-refractivity contribution in [2.45, 2.75) is 4.21 Å². The number of sulfonamides is 1. The lowest BCUT2D eigenvalue weighted by molar-refractivity contribution is 0.0687. The molecule has 0 aliphatic carbocycles. The average molecular weight is 338 g/mol. The molecule has 2 rings (SSSR count). The number of halogens is 3. The summed E-state index contributed by atoms with van der Waals surface area (Å²) in [4.78, 5) is 14.2. The maximum Gasteiger partial charge on any atom is 0.356 e. The molecule has 0 unspecified atom stereocenters. The van der Waals surface area contributed by atoms with Crippen LogP contribution in [0.5, 0.6) is 0 Å². The number of carboxylic acids is 1. The predicted octanol–water partition coefficient (Wildman–Crippen LogP) is 2.06. The molecular formula is C10H5F3N2O4S2. The largest absolute Gasteiger partial charge is 0.476 e. The fourth-order valence-electron chi connectivity index (χ4n) is 1.39. The summed E-state index contributed by atoms with van der Waals surface area (Å²) in [5.74, 6) is -6.01. The quantitative estimate of drug-likeness (QED) is 0.832. The predicted molar refractivity (Wildman–Crippen MR) is 66.2 cm³/mol. The van der Waals surface area contributed by atoms with E-state index in [4.69, 9.17) is 5.11 Å². The molecule has 2 N–H and O–H groups in total. The van der Waals surface area contributed by atoms with Crippen molar-refractivity contribution in [2.75, 3.05) is 4.72 Å². The van der Waals surface area contributed by atoms with Gasteiger partial charge in [0.15, 0.2) is 21.5 Å². The molecule has 0 radical (unpaired) electrons. The molecular weight excluding hydrogens is 333 g/mol. The first-order valence-corrected chi connectivity index (χ1v) is 7.43. The van der Waals surface area contributed by atoms with Crippen LogP contribution >= 0.6 is 11.3 Å². The van der Waals surface area contributed by atoms with E-state index in [1.165, 1.54) is 0 Å². The second kappa shape index (κ2) is 5.33. The van der Waals surface area contributed by atoms with Crippen LogP contribution in [0.15, 0.2) is 21.9 Å². The maximum atomic E-state index is 13.4. The molecule has 1 heterocycles. The smallest absolute Gasteiger partial charge is 0.356 e. The van der Waals surface area contributed by atoms with Gasteiger partial charge >= 0.3 is 5.97 Å². The van der Waals surface area contributed by atoms with E-state index in [0.29, 0.717) is 17.4 Å². The molecule has 0 aliphatic rings. The van der Waals surface area contributed by atoms with E-state index in [1.54, 1.807) is 4.72 Å². The van der Waals surface area contributed by atoms with Crippen molar-refractivity contribution in [3.63, 3.8) is 0 Å². The SMILES string of the molecule is O=C(O)c1ncsc1S(=O)(=O)Nc1cc(F)cc(F)c1F.